The number of carbonyl (C=O) groups is 4. The molecule has 3 rings (SSSR count). The third-order valence-corrected chi connectivity index (χ3v) is 6.80. The Hall–Kier alpha value is -3.65. The van der Waals surface area contributed by atoms with Crippen LogP contribution in [0.2, 0.25) is 0 Å². The number of amides is 4. The van der Waals surface area contributed by atoms with Crippen LogP contribution in [0.15, 0.2) is 18.2 Å². The Morgan fingerprint density at radius 3 is 2.51 bits per heavy atom. The molecule has 0 saturated carbocycles. The highest BCUT2D eigenvalue weighted by Gasteiger charge is 2.42. The molecule has 0 radical (unpaired) electrons. The molecule has 2 heterocycles. The van der Waals surface area contributed by atoms with E-state index in [9.17, 15) is 29.5 Å². The quantitative estimate of drug-likeness (QED) is 0.547. The maximum atomic E-state index is 13.8. The SMILES string of the molecule is C[C@H]1[C@H](NC(=O)[C@H](CC(C)(C)C)N(C)C(=O)O)C(=O)Nc2ccc(C#N)cc2N1C(=O)C1CCOCC1. The molecule has 37 heavy (non-hydrogen) atoms. The summed E-state index contributed by atoms with van der Waals surface area (Å²) in [6.45, 7) is 8.22. The molecule has 0 unspecified atom stereocenters. The van der Waals surface area contributed by atoms with Gasteiger partial charge in [0.2, 0.25) is 17.7 Å². The third-order valence-electron chi connectivity index (χ3n) is 6.80. The molecular weight excluding hydrogens is 478 g/mol. The fourth-order valence-electron chi connectivity index (χ4n) is 4.72. The lowest BCUT2D eigenvalue weighted by molar-refractivity contribution is -0.131. The summed E-state index contributed by atoms with van der Waals surface area (Å²) in [6, 6.07) is 3.68. The maximum absolute atomic E-state index is 13.8. The number of anilines is 2. The Balaban J connectivity index is 2.00. The minimum atomic E-state index is -1.27. The average molecular weight is 514 g/mol. The van der Waals surface area contributed by atoms with Crippen LogP contribution in [0.5, 0.6) is 0 Å². The van der Waals surface area contributed by atoms with Gasteiger partial charge < -0.3 is 25.4 Å². The number of rotatable bonds is 5. The van der Waals surface area contributed by atoms with Gasteiger partial charge in [0.15, 0.2) is 0 Å². The van der Waals surface area contributed by atoms with Gasteiger partial charge in [0.1, 0.15) is 12.1 Å². The zero-order valence-corrected chi connectivity index (χ0v) is 21.9. The number of likely N-dealkylation sites (N-methyl/N-ethyl adjacent to an activating group) is 1. The van der Waals surface area contributed by atoms with Crippen LogP contribution in [0, 0.1) is 22.7 Å². The average Bonchev–Trinajstić information content (AvgIpc) is 2.95. The lowest BCUT2D eigenvalue weighted by atomic mass is 9.87. The fourth-order valence-corrected chi connectivity index (χ4v) is 4.72. The summed E-state index contributed by atoms with van der Waals surface area (Å²) >= 11 is 0. The smallest absolute Gasteiger partial charge is 0.407 e. The summed E-state index contributed by atoms with van der Waals surface area (Å²) in [5.74, 6) is -1.74. The standard InChI is InChI=1S/C26H35N5O6/c1-15-21(29-22(32)20(13-26(2,3)4)30(5)25(35)36)23(33)28-18-7-6-16(14-27)12-19(18)31(15)24(34)17-8-10-37-11-9-17/h6-7,12,15,17,20-21H,8-11,13H2,1-5H3,(H,28,33)(H,29,32)(H,35,36)/t15-,20-,21-/m0/s1. The van der Waals surface area contributed by atoms with Crippen molar-refractivity contribution in [1.82, 2.24) is 10.2 Å². The second kappa shape index (κ2) is 11.2. The molecular formula is C26H35N5O6. The van der Waals surface area contributed by atoms with Gasteiger partial charge >= 0.3 is 6.09 Å². The molecule has 0 aliphatic carbocycles. The van der Waals surface area contributed by atoms with Gasteiger partial charge in [0.25, 0.3) is 0 Å². The number of nitriles is 1. The van der Waals surface area contributed by atoms with Gasteiger partial charge in [-0.2, -0.15) is 5.26 Å². The van der Waals surface area contributed by atoms with Crippen molar-refractivity contribution < 1.29 is 29.0 Å². The molecule has 0 bridgehead atoms. The minimum absolute atomic E-state index is 0.223. The Morgan fingerprint density at radius 2 is 1.95 bits per heavy atom. The van der Waals surface area contributed by atoms with Crippen molar-refractivity contribution in [2.45, 2.75) is 65.1 Å². The number of carboxylic acid groups (broad SMARTS) is 1. The van der Waals surface area contributed by atoms with Gasteiger partial charge in [0.05, 0.1) is 29.0 Å². The van der Waals surface area contributed by atoms with E-state index >= 15 is 0 Å². The molecule has 3 N–H and O–H groups in total. The predicted molar refractivity (Wildman–Crippen MR) is 136 cm³/mol. The molecule has 4 amide bonds. The van der Waals surface area contributed by atoms with E-state index < -0.39 is 36.0 Å². The second-order valence-corrected chi connectivity index (χ2v) is 10.8. The summed E-state index contributed by atoms with van der Waals surface area (Å²) in [7, 11) is 1.31. The molecule has 1 saturated heterocycles. The van der Waals surface area contributed by atoms with Gasteiger partial charge in [-0.1, -0.05) is 20.8 Å². The van der Waals surface area contributed by atoms with Crippen LogP contribution in [0.4, 0.5) is 16.2 Å². The van der Waals surface area contributed by atoms with Crippen molar-refractivity contribution in [3.8, 4) is 6.07 Å². The molecule has 11 nitrogen and oxygen atoms in total. The maximum Gasteiger partial charge on any atom is 0.407 e. The van der Waals surface area contributed by atoms with E-state index in [1.807, 2.05) is 20.8 Å². The molecule has 0 aromatic heterocycles. The molecule has 2 aliphatic rings. The van der Waals surface area contributed by atoms with Crippen molar-refractivity contribution in [1.29, 1.82) is 5.26 Å². The summed E-state index contributed by atoms with van der Waals surface area (Å²) in [6.07, 6.45) is -0.00770. The largest absolute Gasteiger partial charge is 0.465 e. The lowest BCUT2D eigenvalue weighted by Gasteiger charge is -2.37. The highest BCUT2D eigenvalue weighted by Crippen LogP contribution is 2.35. The monoisotopic (exact) mass is 513 g/mol. The Morgan fingerprint density at radius 1 is 1.30 bits per heavy atom. The summed E-state index contributed by atoms with van der Waals surface area (Å²) in [5.41, 5.74) is 0.669. The first-order valence-corrected chi connectivity index (χ1v) is 12.4. The summed E-state index contributed by atoms with van der Waals surface area (Å²) in [5, 5.41) is 24.5. The zero-order chi connectivity index (χ0) is 27.5. The van der Waals surface area contributed by atoms with Crippen molar-refractivity contribution in [2.24, 2.45) is 11.3 Å². The first kappa shape index (κ1) is 27.9. The minimum Gasteiger partial charge on any atom is -0.465 e. The highest BCUT2D eigenvalue weighted by molar-refractivity contribution is 6.08. The topological polar surface area (TPSA) is 152 Å². The van der Waals surface area contributed by atoms with Crippen molar-refractivity contribution in [3.05, 3.63) is 23.8 Å². The zero-order valence-electron chi connectivity index (χ0n) is 21.9. The molecule has 1 aromatic rings. The number of benzene rings is 1. The number of hydrogen-bond donors (Lipinski definition) is 3. The number of ether oxygens (including phenoxy) is 1. The Kier molecular flexibility index (Phi) is 8.43. The van der Waals surface area contributed by atoms with Crippen LogP contribution in [0.25, 0.3) is 0 Å². The number of carbonyl (C=O) groups excluding carboxylic acids is 3. The molecule has 200 valence electrons. The van der Waals surface area contributed by atoms with Crippen molar-refractivity contribution >= 4 is 35.2 Å². The molecule has 0 spiro atoms. The van der Waals surface area contributed by atoms with E-state index in [2.05, 4.69) is 16.7 Å². The highest BCUT2D eigenvalue weighted by atomic mass is 16.5. The second-order valence-electron chi connectivity index (χ2n) is 10.8. The fraction of sp³-hybridized carbons (Fsp3) is 0.577. The van der Waals surface area contributed by atoms with Gasteiger partial charge in [0, 0.05) is 26.2 Å². The van der Waals surface area contributed by atoms with E-state index in [4.69, 9.17) is 4.74 Å². The van der Waals surface area contributed by atoms with Gasteiger partial charge in [-0.3, -0.25) is 19.3 Å². The number of nitrogens with one attached hydrogen (secondary N) is 2. The van der Waals surface area contributed by atoms with Gasteiger partial charge in [-0.25, -0.2) is 4.79 Å². The third kappa shape index (κ3) is 6.38. The molecule has 1 aromatic carbocycles. The normalized spacial score (nSPS) is 21.1. The Labute approximate surface area is 216 Å². The number of nitrogens with zero attached hydrogens (tertiary/aromatic N) is 3. The summed E-state index contributed by atoms with van der Waals surface area (Å²) < 4.78 is 5.40. The molecule has 2 aliphatic heterocycles. The van der Waals surface area contributed by atoms with Crippen LogP contribution >= 0.6 is 0 Å². The van der Waals surface area contributed by atoms with E-state index in [1.54, 1.807) is 25.1 Å². The molecule has 3 atom stereocenters. The van der Waals surface area contributed by atoms with E-state index in [0.717, 1.165) is 4.90 Å². The van der Waals surface area contributed by atoms with Crippen LogP contribution in [-0.2, 0) is 19.1 Å². The van der Waals surface area contributed by atoms with Crippen LogP contribution < -0.4 is 15.5 Å². The number of hydrogen-bond acceptors (Lipinski definition) is 6. The molecule has 1 fully saturated rings. The Bertz CT molecular complexity index is 1100. The van der Waals surface area contributed by atoms with Crippen molar-refractivity contribution in [3.63, 3.8) is 0 Å². The van der Waals surface area contributed by atoms with Crippen LogP contribution in [0.1, 0.15) is 52.5 Å². The van der Waals surface area contributed by atoms with E-state index in [1.165, 1.54) is 11.9 Å². The predicted octanol–water partition coefficient (Wildman–Crippen LogP) is 2.56. The van der Waals surface area contributed by atoms with Crippen LogP contribution in [-0.4, -0.2) is 72.2 Å². The van der Waals surface area contributed by atoms with Gasteiger partial charge in [-0.05, 0) is 49.8 Å². The van der Waals surface area contributed by atoms with E-state index in [-0.39, 0.29) is 23.7 Å². The van der Waals surface area contributed by atoms with Crippen molar-refractivity contribution in [2.75, 3.05) is 30.5 Å². The first-order valence-electron chi connectivity index (χ1n) is 12.4. The number of fused-ring (bicyclic) bond motifs is 1. The first-order chi connectivity index (χ1) is 17.3. The summed E-state index contributed by atoms with van der Waals surface area (Å²) in [4.78, 5) is 54.7. The molecule has 11 heteroatoms. The van der Waals surface area contributed by atoms with Crippen LogP contribution in [0.3, 0.4) is 0 Å². The van der Waals surface area contributed by atoms with E-state index in [0.29, 0.717) is 43.0 Å². The lowest BCUT2D eigenvalue weighted by Crippen LogP contribution is -2.60. The van der Waals surface area contributed by atoms with Gasteiger partial charge in [-0.15, -0.1) is 0 Å².